The van der Waals surface area contributed by atoms with Crippen molar-refractivity contribution < 1.29 is 9.47 Å². The summed E-state index contributed by atoms with van der Waals surface area (Å²) < 4.78 is 10.8. The molecule has 4 nitrogen and oxygen atoms in total. The summed E-state index contributed by atoms with van der Waals surface area (Å²) >= 11 is 6.04. The van der Waals surface area contributed by atoms with Gasteiger partial charge in [0.25, 0.3) is 0 Å². The summed E-state index contributed by atoms with van der Waals surface area (Å²) in [6, 6.07) is 8.58. The molecule has 0 spiro atoms. The van der Waals surface area contributed by atoms with Crippen LogP contribution in [0, 0.1) is 6.92 Å². The zero-order chi connectivity index (χ0) is 16.3. The Labute approximate surface area is 136 Å². The quantitative estimate of drug-likeness (QED) is 0.787. The Morgan fingerprint density at radius 3 is 2.27 bits per heavy atom. The fourth-order valence-corrected chi connectivity index (χ4v) is 2.09. The summed E-state index contributed by atoms with van der Waals surface area (Å²) in [6.45, 7) is 8.81. The standard InChI is InChI=1S/C17H21ClN2O2/c1-11-14(18)19-16(21-5)20-15(11)22-10-12-6-8-13(9-7-12)17(2,3)4/h6-9H,10H2,1-5H3. The zero-order valence-electron chi connectivity index (χ0n) is 13.6. The largest absolute Gasteiger partial charge is 0.472 e. The molecule has 2 rings (SSSR count). The maximum Gasteiger partial charge on any atom is 0.320 e. The number of benzene rings is 1. The van der Waals surface area contributed by atoms with Gasteiger partial charge in [-0.15, -0.1) is 0 Å². The van der Waals surface area contributed by atoms with Gasteiger partial charge >= 0.3 is 6.01 Å². The van der Waals surface area contributed by atoms with E-state index in [0.29, 0.717) is 23.2 Å². The predicted molar refractivity (Wildman–Crippen MR) is 87.8 cm³/mol. The van der Waals surface area contributed by atoms with Crippen molar-refractivity contribution in [3.63, 3.8) is 0 Å². The predicted octanol–water partition coefficient (Wildman–Crippen LogP) is 4.32. The average molecular weight is 321 g/mol. The molecule has 1 aromatic heterocycles. The Bertz CT molecular complexity index is 649. The van der Waals surface area contributed by atoms with E-state index >= 15 is 0 Å². The first-order chi connectivity index (χ1) is 10.3. The molecule has 0 amide bonds. The van der Waals surface area contributed by atoms with E-state index in [9.17, 15) is 0 Å². The third-order valence-corrected chi connectivity index (χ3v) is 3.77. The van der Waals surface area contributed by atoms with Crippen molar-refractivity contribution in [2.45, 2.75) is 39.7 Å². The van der Waals surface area contributed by atoms with Crippen LogP contribution in [0.5, 0.6) is 11.9 Å². The lowest BCUT2D eigenvalue weighted by atomic mass is 9.87. The van der Waals surface area contributed by atoms with E-state index in [-0.39, 0.29) is 11.4 Å². The van der Waals surface area contributed by atoms with Gasteiger partial charge in [-0.2, -0.15) is 9.97 Å². The van der Waals surface area contributed by atoms with Crippen LogP contribution in [0.1, 0.15) is 37.5 Å². The number of hydrogen-bond donors (Lipinski definition) is 0. The Hall–Kier alpha value is -1.81. The Balaban J connectivity index is 2.12. The summed E-state index contributed by atoms with van der Waals surface area (Å²) in [5.41, 5.74) is 3.21. The van der Waals surface area contributed by atoms with Crippen LogP contribution in [0.25, 0.3) is 0 Å². The number of aromatic nitrogens is 2. The van der Waals surface area contributed by atoms with Crippen LogP contribution in [-0.2, 0) is 12.0 Å². The first kappa shape index (κ1) is 16.6. The van der Waals surface area contributed by atoms with Gasteiger partial charge in [-0.25, -0.2) is 0 Å². The van der Waals surface area contributed by atoms with Gasteiger partial charge in [0.2, 0.25) is 5.88 Å². The summed E-state index contributed by atoms with van der Waals surface area (Å²) in [5, 5.41) is 0.338. The number of methoxy groups -OCH3 is 1. The number of halogens is 1. The molecule has 118 valence electrons. The molecule has 0 fully saturated rings. The molecule has 0 N–H and O–H groups in total. The highest BCUT2D eigenvalue weighted by Gasteiger charge is 2.14. The molecule has 1 heterocycles. The normalized spacial score (nSPS) is 11.4. The van der Waals surface area contributed by atoms with Crippen LogP contribution in [0.15, 0.2) is 24.3 Å². The molecule has 0 saturated heterocycles. The second-order valence-corrected chi connectivity index (χ2v) is 6.52. The van der Waals surface area contributed by atoms with Gasteiger partial charge in [0.1, 0.15) is 11.8 Å². The highest BCUT2D eigenvalue weighted by molar-refractivity contribution is 6.30. The third-order valence-electron chi connectivity index (χ3n) is 3.40. The topological polar surface area (TPSA) is 44.2 Å². The smallest absolute Gasteiger partial charge is 0.320 e. The van der Waals surface area contributed by atoms with Gasteiger partial charge < -0.3 is 9.47 Å². The maximum atomic E-state index is 6.04. The van der Waals surface area contributed by atoms with Gasteiger partial charge in [-0.3, -0.25) is 0 Å². The molecule has 0 bridgehead atoms. The molecule has 0 aliphatic heterocycles. The SMILES string of the molecule is COc1nc(Cl)c(C)c(OCc2ccc(C(C)(C)C)cc2)n1. The minimum atomic E-state index is 0.142. The van der Waals surface area contributed by atoms with E-state index in [0.717, 1.165) is 5.56 Å². The van der Waals surface area contributed by atoms with Crippen molar-refractivity contribution in [2.75, 3.05) is 7.11 Å². The van der Waals surface area contributed by atoms with Crippen molar-refractivity contribution in [3.8, 4) is 11.9 Å². The highest BCUT2D eigenvalue weighted by atomic mass is 35.5. The molecule has 0 unspecified atom stereocenters. The summed E-state index contributed by atoms with van der Waals surface area (Å²) in [6.07, 6.45) is 0. The molecule has 0 saturated carbocycles. The molecule has 22 heavy (non-hydrogen) atoms. The number of nitrogens with zero attached hydrogens (tertiary/aromatic N) is 2. The Kier molecular flexibility index (Phi) is 4.91. The summed E-state index contributed by atoms with van der Waals surface area (Å²) in [4.78, 5) is 8.18. The lowest BCUT2D eigenvalue weighted by molar-refractivity contribution is 0.281. The van der Waals surface area contributed by atoms with Gasteiger partial charge in [0, 0.05) is 5.56 Å². The average Bonchev–Trinajstić information content (AvgIpc) is 2.48. The summed E-state index contributed by atoms with van der Waals surface area (Å²) in [5.74, 6) is 0.441. The highest BCUT2D eigenvalue weighted by Crippen LogP contribution is 2.26. The number of hydrogen-bond acceptors (Lipinski definition) is 4. The van der Waals surface area contributed by atoms with Crippen LogP contribution >= 0.6 is 11.6 Å². The summed E-state index contributed by atoms with van der Waals surface area (Å²) in [7, 11) is 1.50. The first-order valence-electron chi connectivity index (χ1n) is 7.11. The molecule has 5 heteroatoms. The monoisotopic (exact) mass is 320 g/mol. The van der Waals surface area contributed by atoms with Crippen LogP contribution < -0.4 is 9.47 Å². The van der Waals surface area contributed by atoms with Crippen molar-refractivity contribution in [2.24, 2.45) is 0 Å². The van der Waals surface area contributed by atoms with E-state index in [1.807, 2.05) is 6.92 Å². The molecule has 0 aliphatic rings. The molecule has 0 radical (unpaired) electrons. The van der Waals surface area contributed by atoms with E-state index in [4.69, 9.17) is 21.1 Å². The Morgan fingerprint density at radius 2 is 1.73 bits per heavy atom. The van der Waals surface area contributed by atoms with Crippen molar-refractivity contribution in [3.05, 3.63) is 46.1 Å². The van der Waals surface area contributed by atoms with Gasteiger partial charge in [0.15, 0.2) is 0 Å². The Morgan fingerprint density at radius 1 is 1.09 bits per heavy atom. The lowest BCUT2D eigenvalue weighted by Crippen LogP contribution is -2.11. The van der Waals surface area contributed by atoms with Crippen molar-refractivity contribution in [1.82, 2.24) is 9.97 Å². The minimum absolute atomic E-state index is 0.142. The van der Waals surface area contributed by atoms with E-state index in [2.05, 4.69) is 55.0 Å². The minimum Gasteiger partial charge on any atom is -0.472 e. The lowest BCUT2D eigenvalue weighted by Gasteiger charge is -2.19. The van der Waals surface area contributed by atoms with E-state index < -0.39 is 0 Å². The van der Waals surface area contributed by atoms with E-state index in [1.54, 1.807) is 0 Å². The maximum absolute atomic E-state index is 6.04. The van der Waals surface area contributed by atoms with Gasteiger partial charge in [0.05, 0.1) is 7.11 Å². The molecular formula is C17H21ClN2O2. The molecule has 2 aromatic rings. The van der Waals surface area contributed by atoms with Crippen LogP contribution in [0.3, 0.4) is 0 Å². The van der Waals surface area contributed by atoms with Crippen molar-refractivity contribution in [1.29, 1.82) is 0 Å². The number of rotatable bonds is 4. The molecule has 1 aromatic carbocycles. The molecular weight excluding hydrogens is 300 g/mol. The van der Waals surface area contributed by atoms with Crippen LogP contribution in [-0.4, -0.2) is 17.1 Å². The van der Waals surface area contributed by atoms with Gasteiger partial charge in [-0.1, -0.05) is 56.6 Å². The number of ether oxygens (including phenoxy) is 2. The fraction of sp³-hybridized carbons (Fsp3) is 0.412. The fourth-order valence-electron chi connectivity index (χ4n) is 1.94. The van der Waals surface area contributed by atoms with Gasteiger partial charge in [-0.05, 0) is 23.5 Å². The van der Waals surface area contributed by atoms with Crippen LogP contribution in [0.4, 0.5) is 0 Å². The van der Waals surface area contributed by atoms with E-state index in [1.165, 1.54) is 12.7 Å². The van der Waals surface area contributed by atoms with Crippen molar-refractivity contribution >= 4 is 11.6 Å². The van der Waals surface area contributed by atoms with Crippen LogP contribution in [0.2, 0.25) is 5.15 Å². The molecule has 0 atom stereocenters. The second kappa shape index (κ2) is 6.53. The molecule has 0 aliphatic carbocycles. The third kappa shape index (κ3) is 3.89. The second-order valence-electron chi connectivity index (χ2n) is 6.17. The zero-order valence-corrected chi connectivity index (χ0v) is 14.4. The first-order valence-corrected chi connectivity index (χ1v) is 7.49.